The molecule has 0 aliphatic heterocycles. The molecule has 1 aromatic carbocycles. The maximum Gasteiger partial charge on any atom is 0.123 e. The molecule has 2 atom stereocenters. The van der Waals surface area contributed by atoms with Crippen molar-refractivity contribution in [3.05, 3.63) is 28.8 Å². The van der Waals surface area contributed by atoms with Crippen molar-refractivity contribution >= 4 is 11.6 Å². The highest BCUT2D eigenvalue weighted by molar-refractivity contribution is 6.30. The molecule has 3 nitrogen and oxygen atoms in total. The summed E-state index contributed by atoms with van der Waals surface area (Å²) >= 11 is 5.87. The van der Waals surface area contributed by atoms with Gasteiger partial charge >= 0.3 is 0 Å². The van der Waals surface area contributed by atoms with Gasteiger partial charge in [0.05, 0.1) is 7.11 Å². The predicted molar refractivity (Wildman–Crippen MR) is 58.6 cm³/mol. The first-order chi connectivity index (χ1) is 6.56. The minimum atomic E-state index is -0.261. The van der Waals surface area contributed by atoms with E-state index in [9.17, 15) is 0 Å². The second kappa shape index (κ2) is 4.64. The van der Waals surface area contributed by atoms with Crippen molar-refractivity contribution in [2.24, 2.45) is 11.5 Å². The van der Waals surface area contributed by atoms with E-state index in [1.165, 1.54) is 0 Å². The molecule has 0 bridgehead atoms. The molecule has 0 fully saturated rings. The molecular formula is C10H15ClN2O. The maximum atomic E-state index is 5.92. The number of hydrogen-bond donors (Lipinski definition) is 2. The van der Waals surface area contributed by atoms with Crippen LogP contribution in [-0.2, 0) is 0 Å². The van der Waals surface area contributed by atoms with E-state index in [-0.39, 0.29) is 12.1 Å². The SMILES string of the molecule is COc1ccc(Cl)cc1C(N)C(C)N. The minimum absolute atomic E-state index is 0.137. The Balaban J connectivity index is 3.10. The van der Waals surface area contributed by atoms with E-state index in [0.29, 0.717) is 5.02 Å². The van der Waals surface area contributed by atoms with Crippen LogP contribution >= 0.6 is 11.6 Å². The Bertz CT molecular complexity index is 315. The number of methoxy groups -OCH3 is 1. The lowest BCUT2D eigenvalue weighted by Gasteiger charge is -2.19. The monoisotopic (exact) mass is 214 g/mol. The van der Waals surface area contributed by atoms with Crippen LogP contribution in [0.25, 0.3) is 0 Å². The smallest absolute Gasteiger partial charge is 0.123 e. The van der Waals surface area contributed by atoms with Crippen molar-refractivity contribution in [1.82, 2.24) is 0 Å². The third kappa shape index (κ3) is 2.38. The summed E-state index contributed by atoms with van der Waals surface area (Å²) in [5, 5.41) is 0.636. The van der Waals surface area contributed by atoms with Gasteiger partial charge in [0.25, 0.3) is 0 Å². The fraction of sp³-hybridized carbons (Fsp3) is 0.400. The summed E-state index contributed by atoms with van der Waals surface area (Å²) in [7, 11) is 1.60. The minimum Gasteiger partial charge on any atom is -0.496 e. The van der Waals surface area contributed by atoms with Gasteiger partial charge in [-0.2, -0.15) is 0 Å². The summed E-state index contributed by atoms with van der Waals surface area (Å²) in [4.78, 5) is 0. The number of benzene rings is 1. The molecular weight excluding hydrogens is 200 g/mol. The summed E-state index contributed by atoms with van der Waals surface area (Å²) in [6.07, 6.45) is 0. The third-order valence-corrected chi connectivity index (χ3v) is 2.35. The van der Waals surface area contributed by atoms with Crippen LogP contribution in [0, 0.1) is 0 Å². The fourth-order valence-corrected chi connectivity index (χ4v) is 1.43. The first-order valence-electron chi connectivity index (χ1n) is 4.41. The van der Waals surface area contributed by atoms with E-state index in [4.69, 9.17) is 27.8 Å². The van der Waals surface area contributed by atoms with Gasteiger partial charge in [0.2, 0.25) is 0 Å². The van der Waals surface area contributed by atoms with Gasteiger partial charge in [-0.1, -0.05) is 11.6 Å². The van der Waals surface area contributed by atoms with Crippen molar-refractivity contribution in [3.8, 4) is 5.75 Å². The normalized spacial score (nSPS) is 14.9. The second-order valence-corrected chi connectivity index (χ2v) is 3.71. The molecule has 78 valence electrons. The molecule has 14 heavy (non-hydrogen) atoms. The lowest BCUT2D eigenvalue weighted by molar-refractivity contribution is 0.402. The molecule has 4 N–H and O–H groups in total. The fourth-order valence-electron chi connectivity index (χ4n) is 1.25. The Hall–Kier alpha value is -0.770. The first kappa shape index (κ1) is 11.3. The van der Waals surface area contributed by atoms with Crippen LogP contribution in [0.2, 0.25) is 5.02 Å². The molecule has 0 radical (unpaired) electrons. The zero-order valence-corrected chi connectivity index (χ0v) is 9.08. The Labute approximate surface area is 89.0 Å². The van der Waals surface area contributed by atoms with Crippen LogP contribution in [0.3, 0.4) is 0 Å². The number of rotatable bonds is 3. The third-order valence-electron chi connectivity index (χ3n) is 2.12. The summed E-state index contributed by atoms with van der Waals surface area (Å²) in [5.74, 6) is 0.721. The van der Waals surface area contributed by atoms with Crippen molar-refractivity contribution in [2.75, 3.05) is 7.11 Å². The summed E-state index contributed by atoms with van der Waals surface area (Å²) in [6.45, 7) is 1.85. The Morgan fingerprint density at radius 2 is 2.00 bits per heavy atom. The summed E-state index contributed by atoms with van der Waals surface area (Å²) < 4.78 is 5.18. The quantitative estimate of drug-likeness (QED) is 0.805. The van der Waals surface area contributed by atoms with Gasteiger partial charge in [-0.3, -0.25) is 0 Å². The van der Waals surface area contributed by atoms with E-state index in [0.717, 1.165) is 11.3 Å². The van der Waals surface area contributed by atoms with Gasteiger partial charge in [-0.25, -0.2) is 0 Å². The van der Waals surface area contributed by atoms with Gasteiger partial charge in [0.1, 0.15) is 5.75 Å². The lowest BCUT2D eigenvalue weighted by Crippen LogP contribution is -2.31. The van der Waals surface area contributed by atoms with E-state index >= 15 is 0 Å². The highest BCUT2D eigenvalue weighted by Crippen LogP contribution is 2.28. The highest BCUT2D eigenvalue weighted by Gasteiger charge is 2.15. The number of ether oxygens (including phenoxy) is 1. The van der Waals surface area contributed by atoms with E-state index < -0.39 is 0 Å². The molecule has 0 aliphatic carbocycles. The molecule has 0 saturated carbocycles. The van der Waals surface area contributed by atoms with Gasteiger partial charge in [-0.05, 0) is 25.1 Å². The van der Waals surface area contributed by atoms with Gasteiger partial charge in [0.15, 0.2) is 0 Å². The van der Waals surface area contributed by atoms with E-state index in [2.05, 4.69) is 0 Å². The lowest BCUT2D eigenvalue weighted by atomic mass is 10.0. The summed E-state index contributed by atoms with van der Waals surface area (Å²) in [5.41, 5.74) is 12.5. The zero-order chi connectivity index (χ0) is 10.7. The molecule has 1 rings (SSSR count). The number of halogens is 1. The predicted octanol–water partition coefficient (Wildman–Crippen LogP) is 1.70. The number of nitrogens with two attached hydrogens (primary N) is 2. The highest BCUT2D eigenvalue weighted by atomic mass is 35.5. The molecule has 0 aliphatic rings. The van der Waals surface area contributed by atoms with Crippen LogP contribution in [0.4, 0.5) is 0 Å². The van der Waals surface area contributed by atoms with Crippen molar-refractivity contribution < 1.29 is 4.74 Å². The van der Waals surface area contributed by atoms with Gasteiger partial charge < -0.3 is 16.2 Å². The average Bonchev–Trinajstić information content (AvgIpc) is 2.16. The van der Waals surface area contributed by atoms with Crippen LogP contribution < -0.4 is 16.2 Å². The van der Waals surface area contributed by atoms with Gasteiger partial charge in [-0.15, -0.1) is 0 Å². The molecule has 1 aromatic rings. The van der Waals surface area contributed by atoms with Crippen molar-refractivity contribution in [1.29, 1.82) is 0 Å². The van der Waals surface area contributed by atoms with Crippen LogP contribution in [0.1, 0.15) is 18.5 Å². The molecule has 0 amide bonds. The van der Waals surface area contributed by atoms with Crippen LogP contribution in [-0.4, -0.2) is 13.2 Å². The zero-order valence-electron chi connectivity index (χ0n) is 8.33. The van der Waals surface area contributed by atoms with E-state index in [1.807, 2.05) is 6.92 Å². The van der Waals surface area contributed by atoms with Crippen LogP contribution in [0.15, 0.2) is 18.2 Å². The molecule has 0 saturated heterocycles. The Morgan fingerprint density at radius 3 is 2.50 bits per heavy atom. The first-order valence-corrected chi connectivity index (χ1v) is 4.78. The molecule has 4 heteroatoms. The van der Waals surface area contributed by atoms with Crippen molar-refractivity contribution in [3.63, 3.8) is 0 Å². The standard InChI is InChI=1S/C10H15ClN2O/c1-6(12)10(13)8-5-7(11)3-4-9(8)14-2/h3-6,10H,12-13H2,1-2H3. The number of hydrogen-bond acceptors (Lipinski definition) is 3. The van der Waals surface area contributed by atoms with Crippen LogP contribution in [0.5, 0.6) is 5.75 Å². The average molecular weight is 215 g/mol. The molecule has 0 spiro atoms. The topological polar surface area (TPSA) is 61.3 Å². The van der Waals surface area contributed by atoms with E-state index in [1.54, 1.807) is 25.3 Å². The van der Waals surface area contributed by atoms with Gasteiger partial charge in [0, 0.05) is 22.7 Å². The molecule has 0 aromatic heterocycles. The Morgan fingerprint density at radius 1 is 1.36 bits per heavy atom. The van der Waals surface area contributed by atoms with Crippen molar-refractivity contribution in [2.45, 2.75) is 19.0 Å². The summed E-state index contributed by atoms with van der Waals surface area (Å²) in [6, 6.07) is 4.94. The Kier molecular flexibility index (Phi) is 3.75. The molecule has 0 heterocycles. The maximum absolute atomic E-state index is 5.92. The molecule has 2 unspecified atom stereocenters. The second-order valence-electron chi connectivity index (χ2n) is 3.27. The largest absolute Gasteiger partial charge is 0.496 e.